The van der Waals surface area contributed by atoms with E-state index in [1.54, 1.807) is 24.1 Å². The molecular weight excluding hydrogens is 534 g/mol. The summed E-state index contributed by atoms with van der Waals surface area (Å²) < 4.78 is 35.8. The van der Waals surface area contributed by atoms with E-state index in [0.29, 0.717) is 48.2 Å². The molecule has 0 radical (unpaired) electrons. The van der Waals surface area contributed by atoms with Gasteiger partial charge >= 0.3 is 0 Å². The molecule has 0 fully saturated rings. The maximum Gasteiger partial charge on any atom is 0.260 e. The second-order valence-corrected chi connectivity index (χ2v) is 12.4. The van der Waals surface area contributed by atoms with Crippen LogP contribution in [0.25, 0.3) is 10.2 Å². The van der Waals surface area contributed by atoms with E-state index in [1.807, 2.05) is 56.6 Å². The number of rotatable bonds is 12. The molecule has 1 amide bonds. The van der Waals surface area contributed by atoms with Crippen LogP contribution in [0.4, 0.5) is 5.13 Å². The molecule has 0 spiro atoms. The Kier molecular flexibility index (Phi) is 9.04. The largest absolute Gasteiger partial charge is 0.492 e. The molecule has 0 bridgehead atoms. The van der Waals surface area contributed by atoms with Gasteiger partial charge in [-0.05, 0) is 69.7 Å². The topological polar surface area (TPSA) is 97.6 Å². The lowest BCUT2D eigenvalue weighted by atomic mass is 10.2. The summed E-state index contributed by atoms with van der Waals surface area (Å²) in [6, 6.07) is 13.9. The average molecular weight is 570 g/mol. The van der Waals surface area contributed by atoms with Crippen molar-refractivity contribution in [1.29, 1.82) is 0 Å². The van der Waals surface area contributed by atoms with Gasteiger partial charge in [0.15, 0.2) is 5.13 Å². The third-order valence-corrected chi connectivity index (χ3v) is 9.34. The molecule has 11 heteroatoms. The molecule has 0 atom stereocenters. The minimum absolute atomic E-state index is 0.160. The number of amides is 1. The molecule has 0 unspecified atom stereocenters. The standard InChI is InChI=1S/C28H35N5O4S2/c1-6-8-16-31(5)39(35,36)23-14-12-22(13-15-23)27(34)32(17-18-33-21(4)19-20(3)30-33)28-29-26-24(37-7-2)10-9-11-25(26)38-28/h9-15,19H,6-8,16-18H2,1-5H3. The van der Waals surface area contributed by atoms with Crippen molar-refractivity contribution >= 4 is 42.6 Å². The first-order chi connectivity index (χ1) is 18.6. The number of para-hydroxylation sites is 1. The molecule has 0 N–H and O–H groups in total. The van der Waals surface area contributed by atoms with Gasteiger partial charge in [0.05, 0.1) is 28.4 Å². The second-order valence-electron chi connectivity index (χ2n) is 9.34. The molecule has 0 aliphatic rings. The number of sulfonamides is 1. The molecule has 0 saturated heterocycles. The zero-order valence-electron chi connectivity index (χ0n) is 23.0. The van der Waals surface area contributed by atoms with Crippen molar-refractivity contribution in [3.8, 4) is 5.75 Å². The van der Waals surface area contributed by atoms with Gasteiger partial charge in [-0.1, -0.05) is 30.7 Å². The monoisotopic (exact) mass is 569 g/mol. The fraction of sp³-hybridized carbons (Fsp3) is 0.393. The highest BCUT2D eigenvalue weighted by atomic mass is 32.2. The summed E-state index contributed by atoms with van der Waals surface area (Å²) in [7, 11) is -2.05. The minimum Gasteiger partial charge on any atom is -0.492 e. The van der Waals surface area contributed by atoms with Gasteiger partial charge in [0.1, 0.15) is 11.3 Å². The van der Waals surface area contributed by atoms with Crippen LogP contribution in [0.5, 0.6) is 5.75 Å². The number of ether oxygens (including phenoxy) is 1. The van der Waals surface area contributed by atoms with E-state index in [-0.39, 0.29) is 10.8 Å². The van der Waals surface area contributed by atoms with Gasteiger partial charge in [-0.25, -0.2) is 17.7 Å². The summed E-state index contributed by atoms with van der Waals surface area (Å²) in [5, 5.41) is 5.08. The van der Waals surface area contributed by atoms with Crippen molar-refractivity contribution in [2.75, 3.05) is 31.6 Å². The number of thiazole rings is 1. The van der Waals surface area contributed by atoms with E-state index in [2.05, 4.69) is 5.10 Å². The smallest absolute Gasteiger partial charge is 0.260 e. The number of hydrogen-bond acceptors (Lipinski definition) is 7. The summed E-state index contributed by atoms with van der Waals surface area (Å²) in [5.41, 5.74) is 3.00. The maximum atomic E-state index is 13.9. The first kappa shape index (κ1) is 28.7. The lowest BCUT2D eigenvalue weighted by Gasteiger charge is -2.21. The van der Waals surface area contributed by atoms with E-state index in [9.17, 15) is 13.2 Å². The van der Waals surface area contributed by atoms with Crippen LogP contribution in [0.1, 0.15) is 48.4 Å². The quantitative estimate of drug-likeness (QED) is 0.230. The first-order valence-electron chi connectivity index (χ1n) is 13.1. The number of unbranched alkanes of at least 4 members (excludes halogenated alkanes) is 1. The van der Waals surface area contributed by atoms with Gasteiger partial charge in [-0.15, -0.1) is 0 Å². The van der Waals surface area contributed by atoms with Crippen molar-refractivity contribution in [1.82, 2.24) is 19.1 Å². The highest BCUT2D eigenvalue weighted by Gasteiger charge is 2.25. The molecule has 2 aromatic carbocycles. The van der Waals surface area contributed by atoms with Crippen LogP contribution in [0.2, 0.25) is 0 Å². The van der Waals surface area contributed by atoms with Gasteiger partial charge in [0, 0.05) is 31.4 Å². The van der Waals surface area contributed by atoms with Crippen molar-refractivity contribution in [3.05, 3.63) is 65.5 Å². The van der Waals surface area contributed by atoms with Gasteiger partial charge in [-0.2, -0.15) is 5.10 Å². The van der Waals surface area contributed by atoms with Crippen molar-refractivity contribution in [3.63, 3.8) is 0 Å². The number of aryl methyl sites for hydroxylation is 2. The molecule has 9 nitrogen and oxygen atoms in total. The van der Waals surface area contributed by atoms with E-state index in [1.165, 1.54) is 27.8 Å². The summed E-state index contributed by atoms with van der Waals surface area (Å²) in [5.74, 6) is 0.405. The molecule has 4 aromatic rings. The lowest BCUT2D eigenvalue weighted by Crippen LogP contribution is -2.34. The van der Waals surface area contributed by atoms with Gasteiger partial charge in [0.2, 0.25) is 10.0 Å². The van der Waals surface area contributed by atoms with Crippen LogP contribution in [0, 0.1) is 13.8 Å². The van der Waals surface area contributed by atoms with Crippen LogP contribution in [-0.4, -0.2) is 60.1 Å². The van der Waals surface area contributed by atoms with Gasteiger partial charge < -0.3 is 4.74 Å². The number of hydrogen-bond donors (Lipinski definition) is 0. The zero-order chi connectivity index (χ0) is 28.2. The summed E-state index contributed by atoms with van der Waals surface area (Å²) in [6.45, 7) is 9.63. The number of aromatic nitrogens is 3. The van der Waals surface area contributed by atoms with Crippen LogP contribution in [-0.2, 0) is 16.6 Å². The van der Waals surface area contributed by atoms with Gasteiger partial charge in [-0.3, -0.25) is 14.4 Å². The van der Waals surface area contributed by atoms with Crippen LogP contribution < -0.4 is 9.64 Å². The molecule has 208 valence electrons. The second kappa shape index (κ2) is 12.3. The van der Waals surface area contributed by atoms with Crippen molar-refractivity contribution in [2.24, 2.45) is 0 Å². The lowest BCUT2D eigenvalue weighted by molar-refractivity contribution is 0.0985. The Morgan fingerprint density at radius 3 is 2.46 bits per heavy atom. The van der Waals surface area contributed by atoms with E-state index >= 15 is 0 Å². The molecule has 39 heavy (non-hydrogen) atoms. The van der Waals surface area contributed by atoms with Crippen LogP contribution >= 0.6 is 11.3 Å². The normalized spacial score (nSPS) is 11.8. The predicted molar refractivity (Wildman–Crippen MR) is 155 cm³/mol. The minimum atomic E-state index is -3.63. The Morgan fingerprint density at radius 2 is 1.82 bits per heavy atom. The fourth-order valence-corrected chi connectivity index (χ4v) is 6.50. The first-order valence-corrected chi connectivity index (χ1v) is 15.3. The summed E-state index contributed by atoms with van der Waals surface area (Å²) >= 11 is 1.41. The number of carbonyl (C=O) groups excluding carboxylic acids is 1. The van der Waals surface area contributed by atoms with E-state index < -0.39 is 10.0 Å². The predicted octanol–water partition coefficient (Wildman–Crippen LogP) is 5.28. The summed E-state index contributed by atoms with van der Waals surface area (Å²) in [6.07, 6.45) is 1.68. The number of fused-ring (bicyclic) bond motifs is 1. The molecule has 2 heterocycles. The Labute approximate surface area is 234 Å². The van der Waals surface area contributed by atoms with Crippen molar-refractivity contribution in [2.45, 2.75) is 52.0 Å². The highest BCUT2D eigenvalue weighted by molar-refractivity contribution is 7.89. The zero-order valence-corrected chi connectivity index (χ0v) is 24.7. The Morgan fingerprint density at radius 1 is 1.08 bits per heavy atom. The fourth-order valence-electron chi connectivity index (χ4n) is 4.29. The van der Waals surface area contributed by atoms with Crippen LogP contribution in [0.3, 0.4) is 0 Å². The summed E-state index contributed by atoms with van der Waals surface area (Å²) in [4.78, 5) is 20.4. The molecule has 0 aliphatic heterocycles. The molecule has 0 saturated carbocycles. The number of anilines is 1. The Balaban J connectivity index is 1.66. The number of nitrogens with zero attached hydrogens (tertiary/aromatic N) is 5. The Hall–Kier alpha value is -3.28. The molecule has 0 aliphatic carbocycles. The SMILES string of the molecule is CCCCN(C)S(=O)(=O)c1ccc(C(=O)N(CCn2nc(C)cc2C)c2nc3c(OCC)cccc3s2)cc1. The van der Waals surface area contributed by atoms with Gasteiger partial charge in [0.25, 0.3) is 5.91 Å². The van der Waals surface area contributed by atoms with Crippen molar-refractivity contribution < 1.29 is 17.9 Å². The van der Waals surface area contributed by atoms with E-state index in [4.69, 9.17) is 9.72 Å². The third-order valence-electron chi connectivity index (χ3n) is 6.42. The Bertz CT molecular complexity index is 1540. The maximum absolute atomic E-state index is 13.9. The van der Waals surface area contributed by atoms with E-state index in [0.717, 1.165) is 28.9 Å². The van der Waals surface area contributed by atoms with Crippen LogP contribution in [0.15, 0.2) is 53.4 Å². The molecule has 2 aromatic heterocycles. The number of carbonyl (C=O) groups is 1. The molecular formula is C28H35N5O4S2. The average Bonchev–Trinajstić information content (AvgIpc) is 3.50. The number of benzene rings is 2. The highest BCUT2D eigenvalue weighted by Crippen LogP contribution is 2.35. The molecule has 4 rings (SSSR count). The third kappa shape index (κ3) is 6.32.